The van der Waals surface area contributed by atoms with E-state index in [0.717, 1.165) is 24.0 Å². The van der Waals surface area contributed by atoms with Gasteiger partial charge in [0.1, 0.15) is 5.82 Å². The highest BCUT2D eigenvalue weighted by Gasteiger charge is 2.51. The van der Waals surface area contributed by atoms with Crippen molar-refractivity contribution in [1.29, 1.82) is 0 Å². The van der Waals surface area contributed by atoms with E-state index in [4.69, 9.17) is 0 Å². The number of rotatable bonds is 6. The summed E-state index contributed by atoms with van der Waals surface area (Å²) in [4.78, 5) is 12.7. The predicted molar refractivity (Wildman–Crippen MR) is 86.5 cm³/mol. The van der Waals surface area contributed by atoms with Crippen LogP contribution in [0.5, 0.6) is 0 Å². The SMILES string of the molecule is O=C(N[C@H](CO)Cc1ccc(F)cc1)C1(c2ccccc2)CC1. The van der Waals surface area contributed by atoms with Crippen molar-refractivity contribution >= 4 is 5.91 Å². The number of amides is 1. The summed E-state index contributed by atoms with van der Waals surface area (Å²) in [5, 5.41) is 12.5. The fourth-order valence-corrected chi connectivity index (χ4v) is 2.92. The Morgan fingerprint density at radius 2 is 1.78 bits per heavy atom. The molecule has 1 aliphatic rings. The molecule has 3 nitrogen and oxygen atoms in total. The van der Waals surface area contributed by atoms with Crippen molar-refractivity contribution in [2.45, 2.75) is 30.7 Å². The lowest BCUT2D eigenvalue weighted by molar-refractivity contribution is -0.124. The number of nitrogens with one attached hydrogen (secondary N) is 1. The first-order valence-corrected chi connectivity index (χ1v) is 7.86. The van der Waals surface area contributed by atoms with Crippen LogP contribution in [0, 0.1) is 5.82 Å². The van der Waals surface area contributed by atoms with E-state index < -0.39 is 5.41 Å². The molecule has 2 aromatic rings. The summed E-state index contributed by atoms with van der Waals surface area (Å²) in [7, 11) is 0. The third-order valence-corrected chi connectivity index (χ3v) is 4.46. The van der Waals surface area contributed by atoms with Crippen molar-refractivity contribution < 1.29 is 14.3 Å². The molecular weight excluding hydrogens is 293 g/mol. The minimum Gasteiger partial charge on any atom is -0.394 e. The summed E-state index contributed by atoms with van der Waals surface area (Å²) in [6.45, 7) is -0.145. The van der Waals surface area contributed by atoms with E-state index in [0.29, 0.717) is 6.42 Å². The molecule has 0 saturated heterocycles. The molecule has 0 unspecified atom stereocenters. The van der Waals surface area contributed by atoms with Gasteiger partial charge < -0.3 is 10.4 Å². The Morgan fingerprint density at radius 3 is 2.35 bits per heavy atom. The molecule has 23 heavy (non-hydrogen) atoms. The molecule has 0 spiro atoms. The standard InChI is InChI=1S/C19H20FNO2/c20-16-8-6-14(7-9-16)12-17(13-22)21-18(23)19(10-11-19)15-4-2-1-3-5-15/h1-9,17,22H,10-13H2,(H,21,23)/t17-/m0/s1. The summed E-state index contributed by atoms with van der Waals surface area (Å²) < 4.78 is 12.9. The van der Waals surface area contributed by atoms with Crippen molar-refractivity contribution in [2.75, 3.05) is 6.61 Å². The van der Waals surface area contributed by atoms with E-state index in [1.807, 2.05) is 30.3 Å². The molecule has 0 radical (unpaired) electrons. The van der Waals surface area contributed by atoms with Gasteiger partial charge >= 0.3 is 0 Å². The Bertz CT molecular complexity index is 666. The number of carbonyl (C=O) groups is 1. The van der Waals surface area contributed by atoms with Gasteiger partial charge in [0.05, 0.1) is 18.1 Å². The van der Waals surface area contributed by atoms with E-state index in [1.165, 1.54) is 12.1 Å². The molecule has 0 heterocycles. The fourth-order valence-electron chi connectivity index (χ4n) is 2.92. The van der Waals surface area contributed by atoms with Gasteiger partial charge in [0, 0.05) is 0 Å². The highest BCUT2D eigenvalue weighted by atomic mass is 19.1. The highest BCUT2D eigenvalue weighted by molar-refractivity contribution is 5.91. The lowest BCUT2D eigenvalue weighted by Gasteiger charge is -2.21. The molecule has 2 aromatic carbocycles. The first kappa shape index (κ1) is 15.7. The third kappa shape index (κ3) is 3.42. The number of carbonyl (C=O) groups excluding carboxylic acids is 1. The molecule has 120 valence electrons. The summed E-state index contributed by atoms with van der Waals surface area (Å²) >= 11 is 0. The largest absolute Gasteiger partial charge is 0.394 e. The summed E-state index contributed by atoms with van der Waals surface area (Å²) in [6.07, 6.45) is 2.14. The molecule has 4 heteroatoms. The minimum atomic E-state index is -0.447. The zero-order valence-electron chi connectivity index (χ0n) is 12.8. The Morgan fingerprint density at radius 1 is 1.13 bits per heavy atom. The van der Waals surface area contributed by atoms with Crippen LogP contribution in [-0.4, -0.2) is 23.7 Å². The van der Waals surface area contributed by atoms with Crippen molar-refractivity contribution in [3.8, 4) is 0 Å². The number of aliphatic hydroxyl groups excluding tert-OH is 1. The lowest BCUT2D eigenvalue weighted by atomic mass is 9.94. The van der Waals surface area contributed by atoms with Crippen molar-refractivity contribution in [2.24, 2.45) is 0 Å². The third-order valence-electron chi connectivity index (χ3n) is 4.46. The number of aliphatic hydroxyl groups is 1. The number of hydrogen-bond acceptors (Lipinski definition) is 2. The van der Waals surface area contributed by atoms with Crippen LogP contribution in [0.25, 0.3) is 0 Å². The average Bonchev–Trinajstić information content (AvgIpc) is 3.39. The number of hydrogen-bond donors (Lipinski definition) is 2. The van der Waals surface area contributed by atoms with Crippen molar-refractivity contribution in [1.82, 2.24) is 5.32 Å². The first-order chi connectivity index (χ1) is 11.1. The maximum atomic E-state index is 12.9. The van der Waals surface area contributed by atoms with Gasteiger partial charge in [-0.1, -0.05) is 42.5 Å². The molecule has 1 amide bonds. The van der Waals surface area contributed by atoms with Gasteiger partial charge in [-0.3, -0.25) is 4.79 Å². The van der Waals surface area contributed by atoms with E-state index in [-0.39, 0.29) is 24.4 Å². The summed E-state index contributed by atoms with van der Waals surface area (Å²) in [6, 6.07) is 15.5. The topological polar surface area (TPSA) is 49.3 Å². The van der Waals surface area contributed by atoms with Crippen LogP contribution in [0.15, 0.2) is 54.6 Å². The van der Waals surface area contributed by atoms with Gasteiger partial charge in [-0.05, 0) is 42.5 Å². The molecule has 1 atom stereocenters. The molecule has 0 aliphatic heterocycles. The van der Waals surface area contributed by atoms with Crippen LogP contribution in [0.3, 0.4) is 0 Å². The molecule has 1 aliphatic carbocycles. The van der Waals surface area contributed by atoms with Gasteiger partial charge in [0.25, 0.3) is 0 Å². The Kier molecular flexibility index (Phi) is 4.44. The van der Waals surface area contributed by atoms with E-state index in [9.17, 15) is 14.3 Å². The van der Waals surface area contributed by atoms with Crippen molar-refractivity contribution in [3.63, 3.8) is 0 Å². The zero-order chi connectivity index (χ0) is 16.3. The highest BCUT2D eigenvalue weighted by Crippen LogP contribution is 2.48. The van der Waals surface area contributed by atoms with Crippen LogP contribution in [0.4, 0.5) is 4.39 Å². The van der Waals surface area contributed by atoms with Crippen molar-refractivity contribution in [3.05, 3.63) is 71.5 Å². The maximum absolute atomic E-state index is 12.9. The Hall–Kier alpha value is -2.20. The minimum absolute atomic E-state index is 0.0372. The van der Waals surface area contributed by atoms with Crippen LogP contribution < -0.4 is 5.32 Å². The van der Waals surface area contributed by atoms with Crippen LogP contribution in [0.1, 0.15) is 24.0 Å². The Balaban J connectivity index is 1.67. The van der Waals surface area contributed by atoms with Crippen LogP contribution in [-0.2, 0) is 16.6 Å². The van der Waals surface area contributed by atoms with E-state index in [2.05, 4.69) is 5.32 Å². The molecular formula is C19H20FNO2. The smallest absolute Gasteiger partial charge is 0.230 e. The second-order valence-corrected chi connectivity index (χ2v) is 6.13. The molecule has 1 saturated carbocycles. The summed E-state index contributed by atoms with van der Waals surface area (Å²) in [5.41, 5.74) is 1.46. The van der Waals surface area contributed by atoms with E-state index >= 15 is 0 Å². The molecule has 0 bridgehead atoms. The quantitative estimate of drug-likeness (QED) is 0.861. The van der Waals surface area contributed by atoms with Gasteiger partial charge in [0.15, 0.2) is 0 Å². The van der Waals surface area contributed by atoms with E-state index in [1.54, 1.807) is 12.1 Å². The molecule has 3 rings (SSSR count). The van der Waals surface area contributed by atoms with Gasteiger partial charge in [0.2, 0.25) is 5.91 Å². The van der Waals surface area contributed by atoms with Crippen LogP contribution in [0.2, 0.25) is 0 Å². The molecule has 0 aromatic heterocycles. The number of benzene rings is 2. The molecule has 1 fully saturated rings. The lowest BCUT2D eigenvalue weighted by Crippen LogP contribution is -2.44. The van der Waals surface area contributed by atoms with Gasteiger partial charge in [-0.25, -0.2) is 4.39 Å². The normalized spacial score (nSPS) is 16.6. The number of halogens is 1. The Labute approximate surface area is 135 Å². The first-order valence-electron chi connectivity index (χ1n) is 7.86. The average molecular weight is 313 g/mol. The predicted octanol–water partition coefficient (Wildman–Crippen LogP) is 2.58. The van der Waals surface area contributed by atoms with Gasteiger partial charge in [-0.2, -0.15) is 0 Å². The molecule has 2 N–H and O–H groups in total. The zero-order valence-corrected chi connectivity index (χ0v) is 12.8. The second-order valence-electron chi connectivity index (χ2n) is 6.13. The second kappa shape index (κ2) is 6.50. The summed E-state index contributed by atoms with van der Waals surface area (Å²) in [5.74, 6) is -0.329. The van der Waals surface area contributed by atoms with Gasteiger partial charge in [-0.15, -0.1) is 0 Å². The fraction of sp³-hybridized carbons (Fsp3) is 0.316. The monoisotopic (exact) mass is 313 g/mol. The maximum Gasteiger partial charge on any atom is 0.230 e. The van der Waals surface area contributed by atoms with Crippen LogP contribution >= 0.6 is 0 Å².